The van der Waals surface area contributed by atoms with Gasteiger partial charge in [0.1, 0.15) is 28.9 Å². The van der Waals surface area contributed by atoms with Gasteiger partial charge in [0.05, 0.1) is 31.0 Å². The van der Waals surface area contributed by atoms with Crippen molar-refractivity contribution in [3.63, 3.8) is 0 Å². The molecule has 15 heteroatoms. The number of carbonyl (C=O) groups excluding carboxylic acids is 2. The molecule has 5 rings (SSSR count). The number of piperidine rings is 1. The first-order valence-corrected chi connectivity index (χ1v) is 16.2. The fourth-order valence-corrected chi connectivity index (χ4v) is 6.28. The van der Waals surface area contributed by atoms with E-state index in [0.29, 0.717) is 43.7 Å². The first kappa shape index (κ1) is 36.9. The summed E-state index contributed by atoms with van der Waals surface area (Å²) >= 11 is 0. The normalized spacial score (nSPS) is 17.9. The van der Waals surface area contributed by atoms with Crippen LogP contribution in [0.3, 0.4) is 0 Å². The quantitative estimate of drug-likeness (QED) is 0.190. The summed E-state index contributed by atoms with van der Waals surface area (Å²) in [5.74, 6) is -1.01. The highest BCUT2D eigenvalue weighted by Crippen LogP contribution is 2.40. The molecule has 0 spiro atoms. The summed E-state index contributed by atoms with van der Waals surface area (Å²) < 4.78 is 93.1. The molecule has 1 N–H and O–H groups in total. The maximum Gasteiger partial charge on any atom is 0.419 e. The largest absolute Gasteiger partial charge is 0.496 e. The number of alkyl halides is 6. The van der Waals surface area contributed by atoms with E-state index in [4.69, 9.17) is 9.47 Å². The molecule has 0 unspecified atom stereocenters. The average molecular weight is 708 g/mol. The van der Waals surface area contributed by atoms with Gasteiger partial charge in [0.15, 0.2) is 0 Å². The van der Waals surface area contributed by atoms with Crippen LogP contribution < -0.4 is 15.0 Å². The summed E-state index contributed by atoms with van der Waals surface area (Å²) in [5, 5.41) is 2.68. The molecule has 1 atom stereocenters. The van der Waals surface area contributed by atoms with Gasteiger partial charge in [-0.3, -0.25) is 14.5 Å². The van der Waals surface area contributed by atoms with Gasteiger partial charge < -0.3 is 19.7 Å². The van der Waals surface area contributed by atoms with Crippen molar-refractivity contribution < 1.29 is 45.4 Å². The monoisotopic (exact) mass is 707 g/mol. The van der Waals surface area contributed by atoms with E-state index in [1.807, 2.05) is 25.7 Å². The molecule has 3 aromatic rings. The molecule has 1 aromatic heterocycles. The van der Waals surface area contributed by atoms with Crippen LogP contribution in [0.2, 0.25) is 0 Å². The van der Waals surface area contributed by atoms with Gasteiger partial charge in [0, 0.05) is 25.3 Å². The number of ether oxygens (including phenoxy) is 2. The summed E-state index contributed by atoms with van der Waals surface area (Å²) in [6.45, 7) is 6.58. The van der Waals surface area contributed by atoms with Crippen LogP contribution in [0.4, 0.5) is 37.8 Å². The molecule has 2 aliphatic heterocycles. The predicted molar refractivity (Wildman–Crippen MR) is 174 cm³/mol. The zero-order chi connectivity index (χ0) is 36.4. The third-order valence-corrected chi connectivity index (χ3v) is 8.65. The first-order chi connectivity index (χ1) is 23.4. The maximum absolute atomic E-state index is 13.8. The number of amides is 1. The molecule has 0 aliphatic carbocycles. The molecule has 0 radical (unpaired) electrons. The second-order valence-electron chi connectivity index (χ2n) is 13.5. The number of rotatable bonds is 8. The lowest BCUT2D eigenvalue weighted by Gasteiger charge is -2.33. The van der Waals surface area contributed by atoms with Crippen LogP contribution >= 0.6 is 0 Å². The first-order valence-electron chi connectivity index (χ1n) is 16.2. The lowest BCUT2D eigenvalue weighted by Crippen LogP contribution is -2.40. The van der Waals surface area contributed by atoms with E-state index in [1.165, 1.54) is 47.6 Å². The molecule has 2 fully saturated rings. The van der Waals surface area contributed by atoms with E-state index in [-0.39, 0.29) is 59.7 Å². The van der Waals surface area contributed by atoms with E-state index < -0.39 is 35.5 Å². The zero-order valence-electron chi connectivity index (χ0n) is 28.1. The zero-order valence-corrected chi connectivity index (χ0v) is 28.1. The third kappa shape index (κ3) is 9.03. The topological polar surface area (TPSA) is 96.9 Å². The van der Waals surface area contributed by atoms with Crippen LogP contribution in [-0.4, -0.2) is 71.3 Å². The second kappa shape index (κ2) is 14.4. The van der Waals surface area contributed by atoms with E-state index in [0.717, 1.165) is 13.2 Å². The van der Waals surface area contributed by atoms with Crippen molar-refractivity contribution in [3.8, 4) is 16.9 Å². The van der Waals surface area contributed by atoms with Gasteiger partial charge in [-0.2, -0.15) is 26.3 Å². The smallest absolute Gasteiger partial charge is 0.419 e. The number of nitrogens with zero attached hydrogens (tertiary/aromatic N) is 4. The van der Waals surface area contributed by atoms with Crippen LogP contribution in [0.1, 0.15) is 68.1 Å². The van der Waals surface area contributed by atoms with Gasteiger partial charge in [-0.05, 0) is 100 Å². The summed E-state index contributed by atoms with van der Waals surface area (Å²) in [6.07, 6.45) is -5.04. The molecular weight excluding hydrogens is 668 g/mol. The Morgan fingerprint density at radius 3 is 2.22 bits per heavy atom. The van der Waals surface area contributed by atoms with E-state index >= 15 is 0 Å². The van der Waals surface area contributed by atoms with Gasteiger partial charge in [0.25, 0.3) is 5.91 Å². The third-order valence-electron chi connectivity index (χ3n) is 8.65. The molecule has 3 heterocycles. The van der Waals surface area contributed by atoms with Gasteiger partial charge in [-0.25, -0.2) is 9.97 Å². The van der Waals surface area contributed by atoms with Crippen LogP contribution in [0.15, 0.2) is 48.8 Å². The summed E-state index contributed by atoms with van der Waals surface area (Å²) in [4.78, 5) is 37.6. The van der Waals surface area contributed by atoms with Crippen molar-refractivity contribution in [3.05, 3.63) is 65.6 Å². The van der Waals surface area contributed by atoms with Crippen LogP contribution in [0, 0.1) is 5.92 Å². The van der Waals surface area contributed by atoms with Gasteiger partial charge in [-0.15, -0.1) is 0 Å². The minimum absolute atomic E-state index is 0.0511. The molecule has 2 aromatic carbocycles. The average Bonchev–Trinajstić information content (AvgIpc) is 3.52. The Hall–Kier alpha value is -4.40. The molecule has 0 bridgehead atoms. The number of esters is 1. The summed E-state index contributed by atoms with van der Waals surface area (Å²) in [6, 6.07) is 6.29. The number of carbonyl (C=O) groups is 2. The van der Waals surface area contributed by atoms with E-state index in [1.54, 1.807) is 0 Å². The number of hydrogen-bond acceptors (Lipinski definition) is 8. The van der Waals surface area contributed by atoms with E-state index in [9.17, 15) is 35.9 Å². The molecule has 1 amide bonds. The molecular formula is C35H39F6N5O4. The molecule has 270 valence electrons. The van der Waals surface area contributed by atoms with Crippen molar-refractivity contribution in [2.75, 3.05) is 37.0 Å². The number of hydrogen-bond donors (Lipinski definition) is 1. The Kier molecular flexibility index (Phi) is 10.7. The van der Waals surface area contributed by atoms with Crippen molar-refractivity contribution in [1.29, 1.82) is 0 Å². The van der Waals surface area contributed by atoms with Crippen molar-refractivity contribution in [1.82, 2.24) is 14.9 Å². The number of aromatic nitrogens is 2. The Bertz CT molecular complexity index is 1680. The summed E-state index contributed by atoms with van der Waals surface area (Å²) in [5.41, 5.74) is -0.734. The Balaban J connectivity index is 1.36. The molecule has 0 saturated carbocycles. The highest BCUT2D eigenvalue weighted by atomic mass is 19.4. The minimum atomic E-state index is -4.73. The number of benzene rings is 2. The van der Waals surface area contributed by atoms with Gasteiger partial charge in [0.2, 0.25) is 0 Å². The highest BCUT2D eigenvalue weighted by molar-refractivity contribution is 6.03. The molecule has 2 aliphatic rings. The van der Waals surface area contributed by atoms with Gasteiger partial charge >= 0.3 is 18.3 Å². The Labute approximate surface area is 286 Å². The number of anilines is 2. The SMILES string of the molecule is COc1ccc(-c2cc(CN3CCC[C@H]3C(F)(F)F)cc(NC(=O)c3cnc(N4CCC(C(=O)OC(C)(C)C)CC4)cn3)c2)cc1C(F)(F)F. The van der Waals surface area contributed by atoms with Crippen molar-refractivity contribution in [2.45, 2.75) is 77.0 Å². The van der Waals surface area contributed by atoms with Crippen molar-refractivity contribution >= 4 is 23.4 Å². The van der Waals surface area contributed by atoms with Crippen LogP contribution in [0.5, 0.6) is 5.75 Å². The molecule has 2 saturated heterocycles. The number of halogens is 6. The molecule has 9 nitrogen and oxygen atoms in total. The highest BCUT2D eigenvalue weighted by Gasteiger charge is 2.45. The number of nitrogens with one attached hydrogen (secondary N) is 1. The van der Waals surface area contributed by atoms with Crippen molar-refractivity contribution in [2.24, 2.45) is 5.92 Å². The predicted octanol–water partition coefficient (Wildman–Crippen LogP) is 7.51. The van der Waals surface area contributed by atoms with E-state index in [2.05, 4.69) is 15.3 Å². The minimum Gasteiger partial charge on any atom is -0.496 e. The number of methoxy groups -OCH3 is 1. The standard InChI is InChI=1S/C35H39F6N5O4/c1-33(2,3)50-32(48)22-9-12-45(13-10-22)30-19-42-27(18-43-30)31(47)44-25-15-21(20-46-11-5-6-29(46)35(39,40)41)14-24(16-25)23-7-8-28(49-4)26(17-23)34(36,37)38/h7-8,14-19,22,29H,5-6,9-13,20H2,1-4H3,(H,44,47)/t29-/m0/s1. The maximum atomic E-state index is 13.8. The lowest BCUT2D eigenvalue weighted by molar-refractivity contribution is -0.177. The Morgan fingerprint density at radius 1 is 0.900 bits per heavy atom. The van der Waals surface area contributed by atoms with Gasteiger partial charge in [-0.1, -0.05) is 6.07 Å². The second-order valence-corrected chi connectivity index (χ2v) is 13.5. The van der Waals surface area contributed by atoms with Crippen LogP contribution in [-0.2, 0) is 22.3 Å². The summed E-state index contributed by atoms with van der Waals surface area (Å²) in [7, 11) is 1.12. The Morgan fingerprint density at radius 2 is 1.62 bits per heavy atom. The molecule has 50 heavy (non-hydrogen) atoms. The lowest BCUT2D eigenvalue weighted by atomic mass is 9.96. The fourth-order valence-electron chi connectivity index (χ4n) is 6.28. The fraction of sp³-hybridized carbons (Fsp3) is 0.486. The van der Waals surface area contributed by atoms with Crippen LogP contribution in [0.25, 0.3) is 11.1 Å². The number of likely N-dealkylation sites (tertiary alicyclic amines) is 1.